The van der Waals surface area contributed by atoms with Gasteiger partial charge in [0.15, 0.2) is 0 Å². The monoisotopic (exact) mass is 233 g/mol. The number of hydrogen-bond donors (Lipinski definition) is 2. The molecule has 2 aliphatic rings. The number of hydrogen-bond acceptors (Lipinski definition) is 3. The third-order valence-electron chi connectivity index (χ3n) is 3.46. The van der Waals surface area contributed by atoms with E-state index in [-0.39, 0.29) is 6.10 Å². The molecular weight excluding hydrogens is 218 g/mol. The molecule has 1 aromatic carbocycles. The fraction of sp³-hybridized carbons (Fsp3) is 0.462. The lowest BCUT2D eigenvalue weighted by molar-refractivity contribution is -0.139. The van der Waals surface area contributed by atoms with E-state index in [1.165, 1.54) is 5.56 Å². The lowest BCUT2D eigenvalue weighted by Gasteiger charge is -2.24. The lowest BCUT2D eigenvalue weighted by atomic mass is 9.91. The normalized spacial score (nSPS) is 25.9. The molecule has 4 nitrogen and oxygen atoms in total. The van der Waals surface area contributed by atoms with Crippen molar-refractivity contribution >= 4 is 5.97 Å². The van der Waals surface area contributed by atoms with Crippen LogP contribution in [0.15, 0.2) is 12.1 Å². The van der Waals surface area contributed by atoms with E-state index in [1.54, 1.807) is 0 Å². The predicted molar refractivity (Wildman–Crippen MR) is 62.3 cm³/mol. The first-order valence-electron chi connectivity index (χ1n) is 5.93. The summed E-state index contributed by atoms with van der Waals surface area (Å²) in [4.78, 5) is 11.2. The van der Waals surface area contributed by atoms with Crippen LogP contribution in [0.25, 0.3) is 0 Å². The summed E-state index contributed by atoms with van der Waals surface area (Å²) < 4.78 is 5.68. The molecule has 0 aliphatic carbocycles. The van der Waals surface area contributed by atoms with Crippen LogP contribution in [0, 0.1) is 0 Å². The predicted octanol–water partition coefficient (Wildman–Crippen LogP) is 1.28. The fourth-order valence-electron chi connectivity index (χ4n) is 2.70. The maximum absolute atomic E-state index is 11.2. The molecule has 1 aromatic rings. The first kappa shape index (κ1) is 10.6. The third-order valence-corrected chi connectivity index (χ3v) is 3.46. The van der Waals surface area contributed by atoms with Gasteiger partial charge < -0.3 is 15.2 Å². The van der Waals surface area contributed by atoms with Crippen LogP contribution in [-0.4, -0.2) is 23.7 Å². The highest BCUT2D eigenvalue weighted by Crippen LogP contribution is 2.35. The second kappa shape index (κ2) is 3.74. The molecule has 90 valence electrons. The highest BCUT2D eigenvalue weighted by molar-refractivity contribution is 5.77. The summed E-state index contributed by atoms with van der Waals surface area (Å²) in [5, 5.41) is 12.2. The maximum atomic E-state index is 11.2. The Bertz CT molecular complexity index is 484. The van der Waals surface area contributed by atoms with Crippen LogP contribution in [0.2, 0.25) is 0 Å². The van der Waals surface area contributed by atoms with E-state index in [4.69, 9.17) is 4.74 Å². The molecule has 3 rings (SSSR count). The zero-order valence-electron chi connectivity index (χ0n) is 9.69. The lowest BCUT2D eigenvalue weighted by Crippen LogP contribution is -2.35. The van der Waals surface area contributed by atoms with Gasteiger partial charge in [0, 0.05) is 13.0 Å². The number of rotatable bonds is 1. The van der Waals surface area contributed by atoms with Crippen LogP contribution < -0.4 is 10.1 Å². The van der Waals surface area contributed by atoms with E-state index in [0.29, 0.717) is 0 Å². The van der Waals surface area contributed by atoms with Crippen molar-refractivity contribution in [3.05, 3.63) is 28.8 Å². The number of nitrogens with one attached hydrogen (secondary N) is 1. The van der Waals surface area contributed by atoms with Crippen LogP contribution in [0.1, 0.15) is 29.7 Å². The standard InChI is InChI=1S/C13H15NO3/c1-7-4-9-5-8-2-3-14-12(13(15)16)10(8)6-11(9)17-7/h5-7,12,14H,2-4H2,1H3,(H,15,16). The third kappa shape index (κ3) is 1.69. The van der Waals surface area contributed by atoms with Gasteiger partial charge in [-0.1, -0.05) is 6.07 Å². The number of benzene rings is 1. The summed E-state index contributed by atoms with van der Waals surface area (Å²) in [5.74, 6) is 0.0307. The molecule has 2 atom stereocenters. The van der Waals surface area contributed by atoms with Gasteiger partial charge in [-0.15, -0.1) is 0 Å². The summed E-state index contributed by atoms with van der Waals surface area (Å²) in [7, 11) is 0. The molecular formula is C13H15NO3. The van der Waals surface area contributed by atoms with E-state index in [9.17, 15) is 9.90 Å². The molecule has 17 heavy (non-hydrogen) atoms. The van der Waals surface area contributed by atoms with Crippen molar-refractivity contribution in [2.24, 2.45) is 0 Å². The molecule has 0 saturated heterocycles. The molecule has 0 amide bonds. The van der Waals surface area contributed by atoms with Crippen molar-refractivity contribution in [2.45, 2.75) is 31.9 Å². The minimum absolute atomic E-state index is 0.199. The highest BCUT2D eigenvalue weighted by atomic mass is 16.5. The topological polar surface area (TPSA) is 58.6 Å². The molecule has 2 unspecified atom stereocenters. The van der Waals surface area contributed by atoms with Gasteiger partial charge >= 0.3 is 5.97 Å². The molecule has 4 heteroatoms. The Labute approximate surface area is 99.6 Å². The summed E-state index contributed by atoms with van der Waals surface area (Å²) in [6.07, 6.45) is 2.01. The molecule has 0 saturated carbocycles. The van der Waals surface area contributed by atoms with E-state index in [1.807, 2.05) is 13.0 Å². The molecule has 0 spiro atoms. The van der Waals surface area contributed by atoms with Crippen LogP contribution in [0.4, 0.5) is 0 Å². The van der Waals surface area contributed by atoms with Crippen LogP contribution in [0.5, 0.6) is 5.75 Å². The Morgan fingerprint density at radius 2 is 2.29 bits per heavy atom. The smallest absolute Gasteiger partial charge is 0.325 e. The van der Waals surface area contributed by atoms with Crippen molar-refractivity contribution in [1.29, 1.82) is 0 Å². The van der Waals surface area contributed by atoms with Gasteiger partial charge in [0.2, 0.25) is 0 Å². The van der Waals surface area contributed by atoms with Crippen LogP contribution >= 0.6 is 0 Å². The number of fused-ring (bicyclic) bond motifs is 2. The van der Waals surface area contributed by atoms with Crippen molar-refractivity contribution < 1.29 is 14.6 Å². The Morgan fingerprint density at radius 3 is 3.06 bits per heavy atom. The number of ether oxygens (including phenoxy) is 1. The van der Waals surface area contributed by atoms with Gasteiger partial charge in [0.1, 0.15) is 17.9 Å². The Kier molecular flexibility index (Phi) is 2.33. The van der Waals surface area contributed by atoms with Gasteiger partial charge in [0.25, 0.3) is 0 Å². The van der Waals surface area contributed by atoms with Crippen LogP contribution in [0.3, 0.4) is 0 Å². The second-order valence-corrected chi connectivity index (χ2v) is 4.77. The summed E-state index contributed by atoms with van der Waals surface area (Å²) >= 11 is 0. The average Bonchev–Trinajstić information content (AvgIpc) is 2.63. The molecule has 2 N–H and O–H groups in total. The zero-order chi connectivity index (χ0) is 12.0. The van der Waals surface area contributed by atoms with E-state index in [0.717, 1.165) is 36.3 Å². The van der Waals surface area contributed by atoms with Crippen molar-refractivity contribution in [1.82, 2.24) is 5.32 Å². The van der Waals surface area contributed by atoms with Gasteiger partial charge in [-0.25, -0.2) is 0 Å². The van der Waals surface area contributed by atoms with Gasteiger partial charge in [-0.3, -0.25) is 4.79 Å². The first-order chi connectivity index (χ1) is 8.15. The number of carboxylic acid groups (broad SMARTS) is 1. The highest BCUT2D eigenvalue weighted by Gasteiger charge is 2.29. The summed E-state index contributed by atoms with van der Waals surface area (Å²) in [5.41, 5.74) is 3.21. The van der Waals surface area contributed by atoms with Crippen LogP contribution in [-0.2, 0) is 17.6 Å². The molecule has 0 fully saturated rings. The molecule has 0 bridgehead atoms. The van der Waals surface area contributed by atoms with E-state index >= 15 is 0 Å². The minimum Gasteiger partial charge on any atom is -0.490 e. The number of aliphatic carboxylic acids is 1. The fourth-order valence-corrected chi connectivity index (χ4v) is 2.70. The van der Waals surface area contributed by atoms with E-state index < -0.39 is 12.0 Å². The van der Waals surface area contributed by atoms with Crippen molar-refractivity contribution in [2.75, 3.05) is 6.54 Å². The maximum Gasteiger partial charge on any atom is 0.325 e. The Balaban J connectivity index is 2.07. The van der Waals surface area contributed by atoms with Crippen molar-refractivity contribution in [3.63, 3.8) is 0 Å². The largest absolute Gasteiger partial charge is 0.490 e. The average molecular weight is 233 g/mol. The van der Waals surface area contributed by atoms with Gasteiger partial charge in [-0.05, 0) is 36.1 Å². The minimum atomic E-state index is -0.822. The zero-order valence-corrected chi connectivity index (χ0v) is 9.69. The number of carbonyl (C=O) groups is 1. The van der Waals surface area contributed by atoms with E-state index in [2.05, 4.69) is 11.4 Å². The molecule has 2 aliphatic heterocycles. The van der Waals surface area contributed by atoms with Crippen molar-refractivity contribution in [3.8, 4) is 5.75 Å². The quantitative estimate of drug-likeness (QED) is 0.767. The SMILES string of the molecule is CC1Cc2cc3c(cc2O1)C(C(=O)O)NCC3. The number of carboxylic acids is 1. The summed E-state index contributed by atoms with van der Waals surface area (Å²) in [6.45, 7) is 2.76. The molecule has 0 aromatic heterocycles. The summed E-state index contributed by atoms with van der Waals surface area (Å²) in [6, 6.07) is 3.42. The molecule has 0 radical (unpaired) electrons. The molecule has 2 heterocycles. The Morgan fingerprint density at radius 1 is 1.47 bits per heavy atom. The van der Waals surface area contributed by atoms with Gasteiger partial charge in [-0.2, -0.15) is 0 Å². The second-order valence-electron chi connectivity index (χ2n) is 4.77. The Hall–Kier alpha value is -1.55. The first-order valence-corrected chi connectivity index (χ1v) is 5.93. The van der Waals surface area contributed by atoms with Gasteiger partial charge in [0.05, 0.1) is 0 Å².